The molecule has 0 radical (unpaired) electrons. The molecule has 0 aromatic heterocycles. The Morgan fingerprint density at radius 3 is 0.750 bits per heavy atom. The maximum atomic E-state index is 0. The molecule has 34 valence electrons. The van der Waals surface area contributed by atoms with Crippen LogP contribution in [-0.4, -0.2) is 0 Å². The zero-order valence-corrected chi connectivity index (χ0v) is 3.58. The molecule has 0 aliphatic rings. The Morgan fingerprint density at radius 2 is 0.750 bits per heavy atom. The van der Waals surface area contributed by atoms with Crippen molar-refractivity contribution >= 4 is 0 Å². The number of halogens is 1. The van der Waals surface area contributed by atoms with Gasteiger partial charge in [-0.3, -0.25) is 0 Å². The second-order valence-corrected chi connectivity index (χ2v) is 0. The van der Waals surface area contributed by atoms with E-state index >= 15 is 0 Å². The van der Waals surface area contributed by atoms with Crippen molar-refractivity contribution in [2.24, 2.45) is 0 Å². The third-order valence-corrected chi connectivity index (χ3v) is 0. The van der Waals surface area contributed by atoms with Crippen LogP contribution in [0.1, 0.15) is 0 Å². The summed E-state index contributed by atoms with van der Waals surface area (Å²) in [6, 6.07) is 0. The summed E-state index contributed by atoms with van der Waals surface area (Å²) in [6.45, 7) is 0. The summed E-state index contributed by atoms with van der Waals surface area (Å²) in [5.41, 5.74) is 0. The van der Waals surface area contributed by atoms with Crippen molar-refractivity contribution in [1.29, 1.82) is 0 Å². The van der Waals surface area contributed by atoms with Crippen molar-refractivity contribution in [3.63, 3.8) is 0 Å². The van der Waals surface area contributed by atoms with Crippen LogP contribution >= 0.6 is 0 Å². The molecule has 0 bridgehead atoms. The number of hydrogen-bond acceptors (Lipinski definition) is 2. The van der Waals surface area contributed by atoms with E-state index in [2.05, 4.69) is 0 Å². The van der Waals surface area contributed by atoms with E-state index in [0.717, 1.165) is 0 Å². The predicted molar refractivity (Wildman–Crippen MR) is 10.0 cm³/mol. The van der Waals surface area contributed by atoms with Crippen molar-refractivity contribution in [3.05, 3.63) is 0 Å². The Balaban J connectivity index is 0. The van der Waals surface area contributed by atoms with Gasteiger partial charge in [-0.2, -0.15) is 0 Å². The van der Waals surface area contributed by atoms with E-state index in [1.54, 1.807) is 0 Å². The molecule has 6 N–H and O–H groups in total. The molecular formula is H6AgFN2. The average Bonchev–Trinajstić information content (AvgIpc) is 0. The van der Waals surface area contributed by atoms with Gasteiger partial charge >= 0.3 is 22.4 Å². The van der Waals surface area contributed by atoms with E-state index in [4.69, 9.17) is 0 Å². The molecule has 0 rings (SSSR count). The molecule has 0 aliphatic carbocycles. The van der Waals surface area contributed by atoms with Crippen LogP contribution in [0.3, 0.4) is 0 Å². The molecule has 0 aliphatic heterocycles. The maximum Gasteiger partial charge on any atom is 1.00 e. The quantitative estimate of drug-likeness (QED) is 0.380. The molecule has 0 fully saturated rings. The molecule has 0 saturated carbocycles. The van der Waals surface area contributed by atoms with Crippen LogP contribution in [0.25, 0.3) is 0 Å². The zero-order chi connectivity index (χ0) is 0. The van der Waals surface area contributed by atoms with E-state index in [1.165, 1.54) is 0 Å². The maximum absolute atomic E-state index is 0. The van der Waals surface area contributed by atoms with Crippen molar-refractivity contribution in [3.8, 4) is 0 Å². The predicted octanol–water partition coefficient (Wildman–Crippen LogP) is -2.67. The van der Waals surface area contributed by atoms with Gasteiger partial charge in [0.1, 0.15) is 0 Å². The van der Waals surface area contributed by atoms with Crippen molar-refractivity contribution in [2.45, 2.75) is 0 Å². The van der Waals surface area contributed by atoms with Crippen LogP contribution in [-0.2, 0) is 22.4 Å². The monoisotopic (exact) mass is 160 g/mol. The minimum atomic E-state index is 0. The molecule has 4 heavy (non-hydrogen) atoms. The summed E-state index contributed by atoms with van der Waals surface area (Å²) in [4.78, 5) is 0. The van der Waals surface area contributed by atoms with Crippen molar-refractivity contribution in [2.75, 3.05) is 0 Å². The van der Waals surface area contributed by atoms with Gasteiger partial charge in [0, 0.05) is 0 Å². The Hall–Kier alpha value is 0.590. The summed E-state index contributed by atoms with van der Waals surface area (Å²) in [7, 11) is 0. The molecular weight excluding hydrogens is 155 g/mol. The summed E-state index contributed by atoms with van der Waals surface area (Å²) in [5, 5.41) is 0. The standard InChI is InChI=1S/Ag.FH.2H3N/h;1H;2*1H3/q+1;;;/p-1. The van der Waals surface area contributed by atoms with E-state index in [0.29, 0.717) is 0 Å². The fourth-order valence-electron chi connectivity index (χ4n) is 0. The van der Waals surface area contributed by atoms with E-state index in [9.17, 15) is 0 Å². The van der Waals surface area contributed by atoms with Gasteiger partial charge in [-0.15, -0.1) is 0 Å². The van der Waals surface area contributed by atoms with Gasteiger partial charge in [0.05, 0.1) is 0 Å². The molecule has 0 aromatic rings. The van der Waals surface area contributed by atoms with Gasteiger partial charge < -0.3 is 17.0 Å². The van der Waals surface area contributed by atoms with Gasteiger partial charge in [-0.05, 0) is 0 Å². The fraction of sp³-hybridized carbons (Fsp3) is 0. The topological polar surface area (TPSA) is 70.0 Å². The molecule has 0 atom stereocenters. The molecule has 0 saturated heterocycles. The third-order valence-electron chi connectivity index (χ3n) is 0. The molecule has 0 amide bonds. The summed E-state index contributed by atoms with van der Waals surface area (Å²) < 4.78 is 0. The Kier molecular flexibility index (Phi) is 2940. The SMILES string of the molecule is N.N.[Ag+].[F-]. The number of rotatable bonds is 0. The number of hydrogen-bond donors (Lipinski definition) is 2. The van der Waals surface area contributed by atoms with Crippen LogP contribution in [0.15, 0.2) is 0 Å². The third kappa shape index (κ3) is 18.8. The molecule has 4 heteroatoms. The Bertz CT molecular complexity index is 6.00. The minimum Gasteiger partial charge on any atom is -1.00 e. The Morgan fingerprint density at radius 1 is 0.750 bits per heavy atom. The van der Waals surface area contributed by atoms with E-state index in [-0.39, 0.29) is 39.4 Å². The van der Waals surface area contributed by atoms with E-state index in [1.807, 2.05) is 0 Å². The van der Waals surface area contributed by atoms with Gasteiger partial charge in [-0.25, -0.2) is 0 Å². The van der Waals surface area contributed by atoms with Crippen LogP contribution < -0.4 is 17.0 Å². The van der Waals surface area contributed by atoms with Crippen LogP contribution in [0, 0.1) is 0 Å². The van der Waals surface area contributed by atoms with Crippen LogP contribution in [0.2, 0.25) is 0 Å². The van der Waals surface area contributed by atoms with Crippen LogP contribution in [0.4, 0.5) is 0 Å². The first kappa shape index (κ1) is 170. The van der Waals surface area contributed by atoms with E-state index < -0.39 is 0 Å². The van der Waals surface area contributed by atoms with Crippen LogP contribution in [0.5, 0.6) is 0 Å². The second kappa shape index (κ2) is 69.1. The normalized spacial score (nSPS) is 0. The summed E-state index contributed by atoms with van der Waals surface area (Å²) >= 11 is 0. The second-order valence-electron chi connectivity index (χ2n) is 0. The smallest absolute Gasteiger partial charge is 1.00 e. The largest absolute Gasteiger partial charge is 1.00 e. The van der Waals surface area contributed by atoms with Gasteiger partial charge in [0.15, 0.2) is 0 Å². The summed E-state index contributed by atoms with van der Waals surface area (Å²) in [5.74, 6) is 0. The fourth-order valence-corrected chi connectivity index (χ4v) is 0. The molecule has 0 spiro atoms. The summed E-state index contributed by atoms with van der Waals surface area (Å²) in [6.07, 6.45) is 0. The first-order valence-electron chi connectivity index (χ1n) is 0. The van der Waals surface area contributed by atoms with Gasteiger partial charge in [-0.1, -0.05) is 0 Å². The molecule has 0 heterocycles. The van der Waals surface area contributed by atoms with Crippen molar-refractivity contribution < 1.29 is 27.1 Å². The minimum absolute atomic E-state index is 0. The molecule has 0 aromatic carbocycles. The zero-order valence-electron chi connectivity index (χ0n) is 2.09. The molecule has 2 nitrogen and oxygen atoms in total. The molecule has 0 unspecified atom stereocenters. The van der Waals surface area contributed by atoms with Gasteiger partial charge in [0.25, 0.3) is 0 Å². The first-order valence-corrected chi connectivity index (χ1v) is 0. The van der Waals surface area contributed by atoms with Gasteiger partial charge in [0.2, 0.25) is 0 Å². The Labute approximate surface area is 40.0 Å². The average molecular weight is 161 g/mol. The first-order chi connectivity index (χ1) is 0. The van der Waals surface area contributed by atoms with Crippen molar-refractivity contribution in [1.82, 2.24) is 12.3 Å².